The number of rotatable bonds is 4. The van der Waals surface area contributed by atoms with Crippen LogP contribution >= 0.6 is 11.6 Å². The van der Waals surface area contributed by atoms with Crippen LogP contribution in [0.5, 0.6) is 0 Å². The molecule has 0 aliphatic heterocycles. The first-order chi connectivity index (χ1) is 7.49. The summed E-state index contributed by atoms with van der Waals surface area (Å²) in [7, 11) is 0. The Bertz CT molecular complexity index is 357. The lowest BCUT2D eigenvalue weighted by Gasteiger charge is -2.08. The molecule has 1 aromatic carbocycles. The lowest BCUT2D eigenvalue weighted by molar-refractivity contribution is 0.0952. The molecule has 88 valence electrons. The highest BCUT2D eigenvalue weighted by Crippen LogP contribution is 2.16. The molecule has 3 N–H and O–H groups in total. The van der Waals surface area contributed by atoms with Crippen molar-refractivity contribution in [3.8, 4) is 0 Å². The molecule has 4 heteroatoms. The summed E-state index contributed by atoms with van der Waals surface area (Å²) in [5, 5.41) is 3.31. The van der Waals surface area contributed by atoms with E-state index in [1.165, 1.54) is 0 Å². The summed E-state index contributed by atoms with van der Waals surface area (Å²) in [5.74, 6) is 0.444. The number of amides is 1. The third kappa shape index (κ3) is 4.11. The zero-order valence-electron chi connectivity index (χ0n) is 9.59. The topological polar surface area (TPSA) is 55.1 Å². The fourth-order valence-corrected chi connectivity index (χ4v) is 1.56. The molecule has 0 atom stereocenters. The maximum atomic E-state index is 11.7. The van der Waals surface area contributed by atoms with Crippen LogP contribution in [-0.2, 0) is 0 Å². The van der Waals surface area contributed by atoms with E-state index in [-0.39, 0.29) is 5.91 Å². The number of hydrogen-bond acceptors (Lipinski definition) is 2. The maximum Gasteiger partial charge on any atom is 0.251 e. The molecule has 0 saturated carbocycles. The Morgan fingerprint density at radius 2 is 2.12 bits per heavy atom. The van der Waals surface area contributed by atoms with E-state index in [2.05, 4.69) is 19.2 Å². The predicted molar refractivity (Wildman–Crippen MR) is 67.7 cm³/mol. The lowest BCUT2D eigenvalue weighted by atomic mass is 10.1. The molecular weight excluding hydrogens is 224 g/mol. The Balaban J connectivity index is 2.59. The molecule has 16 heavy (non-hydrogen) atoms. The molecule has 1 amide bonds. The molecule has 3 nitrogen and oxygen atoms in total. The van der Waals surface area contributed by atoms with Crippen LogP contribution in [0.15, 0.2) is 18.2 Å². The van der Waals surface area contributed by atoms with Crippen molar-refractivity contribution in [1.82, 2.24) is 5.32 Å². The summed E-state index contributed by atoms with van der Waals surface area (Å²) in [4.78, 5) is 11.7. The smallest absolute Gasteiger partial charge is 0.251 e. The van der Waals surface area contributed by atoms with E-state index >= 15 is 0 Å². The highest BCUT2D eigenvalue weighted by Gasteiger charge is 2.07. The van der Waals surface area contributed by atoms with Crippen molar-refractivity contribution >= 4 is 23.2 Å². The molecule has 0 saturated heterocycles. The van der Waals surface area contributed by atoms with Gasteiger partial charge in [-0.05, 0) is 30.5 Å². The van der Waals surface area contributed by atoms with Gasteiger partial charge in [0.05, 0.1) is 0 Å². The van der Waals surface area contributed by atoms with Gasteiger partial charge in [0, 0.05) is 22.8 Å². The number of nitrogen functional groups attached to an aromatic ring is 1. The van der Waals surface area contributed by atoms with Gasteiger partial charge in [0.2, 0.25) is 0 Å². The molecule has 0 radical (unpaired) electrons. The van der Waals surface area contributed by atoms with Crippen LogP contribution < -0.4 is 11.1 Å². The minimum absolute atomic E-state index is 0.130. The molecule has 0 spiro atoms. The normalized spacial score (nSPS) is 10.5. The Hall–Kier alpha value is -1.22. The van der Waals surface area contributed by atoms with Crippen LogP contribution in [-0.4, -0.2) is 12.5 Å². The zero-order chi connectivity index (χ0) is 12.1. The molecule has 0 unspecified atom stereocenters. The average molecular weight is 241 g/mol. The summed E-state index contributed by atoms with van der Waals surface area (Å²) in [5.41, 5.74) is 6.62. The van der Waals surface area contributed by atoms with Gasteiger partial charge in [-0.2, -0.15) is 0 Å². The Labute approximate surface area is 101 Å². The second-order valence-electron chi connectivity index (χ2n) is 4.21. The number of nitrogens with two attached hydrogens (primary N) is 1. The Kier molecular flexibility index (Phi) is 4.62. The van der Waals surface area contributed by atoms with Gasteiger partial charge in [-0.25, -0.2) is 0 Å². The minimum Gasteiger partial charge on any atom is -0.399 e. The Morgan fingerprint density at radius 3 is 2.69 bits per heavy atom. The van der Waals surface area contributed by atoms with Crippen LogP contribution in [0.3, 0.4) is 0 Å². The van der Waals surface area contributed by atoms with Crippen LogP contribution in [0.2, 0.25) is 5.02 Å². The summed E-state index contributed by atoms with van der Waals surface area (Å²) in [6.07, 6.45) is 0.960. The SMILES string of the molecule is CC(C)CCNC(=O)c1cc(N)cc(Cl)c1. The van der Waals surface area contributed by atoms with Crippen molar-refractivity contribution in [3.63, 3.8) is 0 Å². The van der Waals surface area contributed by atoms with E-state index in [1.54, 1.807) is 18.2 Å². The van der Waals surface area contributed by atoms with E-state index in [9.17, 15) is 4.79 Å². The number of benzene rings is 1. The zero-order valence-corrected chi connectivity index (χ0v) is 10.3. The molecule has 0 heterocycles. The lowest BCUT2D eigenvalue weighted by Crippen LogP contribution is -2.25. The van der Waals surface area contributed by atoms with Gasteiger partial charge in [0.15, 0.2) is 0 Å². The number of hydrogen-bond donors (Lipinski definition) is 2. The van der Waals surface area contributed by atoms with Crippen molar-refractivity contribution < 1.29 is 4.79 Å². The standard InChI is InChI=1S/C12H17ClN2O/c1-8(2)3-4-15-12(16)9-5-10(13)7-11(14)6-9/h5-8H,3-4,14H2,1-2H3,(H,15,16). The van der Waals surface area contributed by atoms with Crippen LogP contribution in [0, 0.1) is 5.92 Å². The van der Waals surface area contributed by atoms with Crippen molar-refractivity contribution in [3.05, 3.63) is 28.8 Å². The van der Waals surface area contributed by atoms with E-state index in [4.69, 9.17) is 17.3 Å². The third-order valence-electron chi connectivity index (χ3n) is 2.19. The summed E-state index contributed by atoms with van der Waals surface area (Å²) >= 11 is 5.82. The largest absolute Gasteiger partial charge is 0.399 e. The van der Waals surface area contributed by atoms with Crippen LogP contribution in [0.4, 0.5) is 5.69 Å². The number of carbonyl (C=O) groups excluding carboxylic acids is 1. The minimum atomic E-state index is -0.130. The number of nitrogens with one attached hydrogen (secondary N) is 1. The Morgan fingerprint density at radius 1 is 1.44 bits per heavy atom. The van der Waals surface area contributed by atoms with E-state index in [0.29, 0.717) is 28.7 Å². The second kappa shape index (κ2) is 5.75. The van der Waals surface area contributed by atoms with E-state index in [0.717, 1.165) is 6.42 Å². The molecule has 0 aliphatic carbocycles. The quantitative estimate of drug-likeness (QED) is 0.795. The second-order valence-corrected chi connectivity index (χ2v) is 4.65. The van der Waals surface area contributed by atoms with Gasteiger partial charge in [0.25, 0.3) is 5.91 Å². The molecule has 0 bridgehead atoms. The first kappa shape index (κ1) is 12.8. The van der Waals surface area contributed by atoms with Gasteiger partial charge in [-0.3, -0.25) is 4.79 Å². The number of carbonyl (C=O) groups is 1. The molecule has 1 aromatic rings. The number of anilines is 1. The van der Waals surface area contributed by atoms with E-state index < -0.39 is 0 Å². The van der Waals surface area contributed by atoms with Gasteiger partial charge in [-0.15, -0.1) is 0 Å². The van der Waals surface area contributed by atoms with Crippen molar-refractivity contribution in [1.29, 1.82) is 0 Å². The molecule has 0 aromatic heterocycles. The molecule has 0 aliphatic rings. The van der Waals surface area contributed by atoms with Gasteiger partial charge in [-0.1, -0.05) is 25.4 Å². The van der Waals surface area contributed by atoms with Crippen molar-refractivity contribution in [2.75, 3.05) is 12.3 Å². The molecule has 1 rings (SSSR count). The molecular formula is C12H17ClN2O. The average Bonchev–Trinajstić information content (AvgIpc) is 2.15. The van der Waals surface area contributed by atoms with Crippen molar-refractivity contribution in [2.45, 2.75) is 20.3 Å². The van der Waals surface area contributed by atoms with Crippen molar-refractivity contribution in [2.24, 2.45) is 5.92 Å². The van der Waals surface area contributed by atoms with Crippen LogP contribution in [0.25, 0.3) is 0 Å². The highest BCUT2D eigenvalue weighted by molar-refractivity contribution is 6.31. The van der Waals surface area contributed by atoms with Gasteiger partial charge < -0.3 is 11.1 Å². The highest BCUT2D eigenvalue weighted by atomic mass is 35.5. The van der Waals surface area contributed by atoms with E-state index in [1.807, 2.05) is 0 Å². The predicted octanol–water partition coefficient (Wildman–Crippen LogP) is 2.70. The fourth-order valence-electron chi connectivity index (χ4n) is 1.32. The van der Waals surface area contributed by atoms with Gasteiger partial charge in [0.1, 0.15) is 0 Å². The fraction of sp³-hybridized carbons (Fsp3) is 0.417. The molecule has 0 fully saturated rings. The maximum absolute atomic E-state index is 11.7. The first-order valence-corrected chi connectivity index (χ1v) is 5.71. The monoisotopic (exact) mass is 240 g/mol. The number of halogens is 1. The van der Waals surface area contributed by atoms with Crippen LogP contribution in [0.1, 0.15) is 30.6 Å². The van der Waals surface area contributed by atoms with Gasteiger partial charge >= 0.3 is 0 Å². The first-order valence-electron chi connectivity index (χ1n) is 5.33. The third-order valence-corrected chi connectivity index (χ3v) is 2.41. The summed E-state index contributed by atoms with van der Waals surface area (Å²) in [6, 6.07) is 4.85. The summed E-state index contributed by atoms with van der Waals surface area (Å²) in [6.45, 7) is 4.90. The summed E-state index contributed by atoms with van der Waals surface area (Å²) < 4.78 is 0.